The molecular formula is C27H24N2O3. The number of hydrogen-bond acceptors (Lipinski definition) is 5. The summed E-state index contributed by atoms with van der Waals surface area (Å²) in [6, 6.07) is 21.2. The molecule has 2 fully saturated rings. The Morgan fingerprint density at radius 1 is 0.938 bits per heavy atom. The van der Waals surface area contributed by atoms with Crippen molar-refractivity contribution >= 4 is 11.6 Å². The zero-order valence-corrected chi connectivity index (χ0v) is 17.6. The zero-order valence-electron chi connectivity index (χ0n) is 17.6. The Morgan fingerprint density at radius 3 is 2.44 bits per heavy atom. The molecule has 1 aromatic heterocycles. The van der Waals surface area contributed by atoms with Crippen molar-refractivity contribution in [3.63, 3.8) is 0 Å². The Bertz CT molecular complexity index is 1200. The quantitative estimate of drug-likeness (QED) is 0.699. The van der Waals surface area contributed by atoms with Crippen LogP contribution >= 0.6 is 0 Å². The van der Waals surface area contributed by atoms with E-state index >= 15 is 0 Å². The molecule has 0 unspecified atom stereocenters. The minimum Gasteiger partial charge on any atom is -0.384 e. The lowest BCUT2D eigenvalue weighted by atomic mass is 9.55. The first-order chi connectivity index (χ1) is 15.6. The smallest absolute Gasteiger partial charge is 0.170 e. The molecule has 2 bridgehead atoms. The molecule has 0 spiro atoms. The fourth-order valence-electron chi connectivity index (χ4n) is 6.33. The molecule has 3 aromatic rings. The molecule has 0 amide bonds. The maximum absolute atomic E-state index is 13.7. The molecule has 6 rings (SSSR count). The summed E-state index contributed by atoms with van der Waals surface area (Å²) >= 11 is 0. The first kappa shape index (κ1) is 19.5. The number of ketones is 2. The lowest BCUT2D eigenvalue weighted by Crippen LogP contribution is -2.63. The standard InChI is InChI=1S/C27H24N2O3/c30-25-20-15-29(14-17-6-2-1-3-7-17)16-22(25)27(32)21-9-5-4-8-19(21)26(31)24(27)23(20)18-10-12-28-13-11-18/h1-13,20,22-24,32H,14-16H2/t20-,22-,23-,24-,27+/m1/s1. The van der Waals surface area contributed by atoms with Gasteiger partial charge in [0, 0.05) is 49.4 Å². The first-order valence-corrected chi connectivity index (χ1v) is 11.1. The van der Waals surface area contributed by atoms with E-state index in [4.69, 9.17) is 0 Å². The van der Waals surface area contributed by atoms with E-state index in [1.165, 1.54) is 5.56 Å². The van der Waals surface area contributed by atoms with Crippen molar-refractivity contribution in [2.75, 3.05) is 13.1 Å². The van der Waals surface area contributed by atoms with Crippen molar-refractivity contribution in [2.24, 2.45) is 17.8 Å². The first-order valence-electron chi connectivity index (χ1n) is 11.1. The Balaban J connectivity index is 1.49. The van der Waals surface area contributed by atoms with E-state index in [2.05, 4.69) is 22.0 Å². The van der Waals surface area contributed by atoms with E-state index in [1.54, 1.807) is 18.5 Å². The van der Waals surface area contributed by atoms with Gasteiger partial charge in [0.05, 0.1) is 11.8 Å². The number of aliphatic hydroxyl groups is 1. The molecule has 1 N–H and O–H groups in total. The van der Waals surface area contributed by atoms with Gasteiger partial charge in [-0.25, -0.2) is 0 Å². The number of likely N-dealkylation sites (tertiary alicyclic amines) is 1. The van der Waals surface area contributed by atoms with E-state index in [-0.39, 0.29) is 23.4 Å². The van der Waals surface area contributed by atoms with Gasteiger partial charge in [0.1, 0.15) is 11.4 Å². The van der Waals surface area contributed by atoms with Gasteiger partial charge in [-0.1, -0.05) is 54.6 Å². The van der Waals surface area contributed by atoms with Gasteiger partial charge in [0.25, 0.3) is 0 Å². The molecule has 1 saturated carbocycles. The van der Waals surface area contributed by atoms with Crippen LogP contribution in [-0.2, 0) is 16.9 Å². The number of nitrogens with zero attached hydrogens (tertiary/aromatic N) is 2. The van der Waals surface area contributed by atoms with Crippen LogP contribution in [-0.4, -0.2) is 39.6 Å². The minimum atomic E-state index is -1.50. The number of pyridine rings is 1. The van der Waals surface area contributed by atoms with Gasteiger partial charge < -0.3 is 5.11 Å². The highest BCUT2D eigenvalue weighted by atomic mass is 16.3. The average Bonchev–Trinajstić information content (AvgIpc) is 3.05. The molecule has 32 heavy (non-hydrogen) atoms. The second kappa shape index (κ2) is 7.19. The average molecular weight is 425 g/mol. The summed E-state index contributed by atoms with van der Waals surface area (Å²) in [5.74, 6) is -1.99. The van der Waals surface area contributed by atoms with E-state index in [0.717, 1.165) is 5.56 Å². The SMILES string of the molecule is O=C1[C@H]2CN(Cc3ccccc3)C[C@@H]1[C@@H](c1ccncc1)[C@@H]1C(=O)c3ccccc3[C@]21O. The van der Waals surface area contributed by atoms with Crippen molar-refractivity contribution in [1.29, 1.82) is 0 Å². The van der Waals surface area contributed by atoms with Crippen LogP contribution in [0.15, 0.2) is 79.1 Å². The van der Waals surface area contributed by atoms with Crippen LogP contribution in [0.25, 0.3) is 0 Å². The minimum absolute atomic E-state index is 0.0519. The largest absolute Gasteiger partial charge is 0.384 e. The molecular weight excluding hydrogens is 400 g/mol. The van der Waals surface area contributed by atoms with Gasteiger partial charge in [-0.15, -0.1) is 0 Å². The Kier molecular flexibility index (Phi) is 4.39. The highest BCUT2D eigenvalue weighted by Crippen LogP contribution is 2.59. The molecule has 0 radical (unpaired) electrons. The molecule has 5 nitrogen and oxygen atoms in total. The summed E-state index contributed by atoms with van der Waals surface area (Å²) in [7, 11) is 0. The fraction of sp³-hybridized carbons (Fsp3) is 0.296. The molecule has 1 saturated heterocycles. The molecule has 5 heteroatoms. The Morgan fingerprint density at radius 2 is 1.66 bits per heavy atom. The number of rotatable bonds is 3. The second-order valence-corrected chi connectivity index (χ2v) is 9.26. The Labute approximate surface area is 186 Å². The van der Waals surface area contributed by atoms with E-state index in [0.29, 0.717) is 30.8 Å². The maximum atomic E-state index is 13.7. The van der Waals surface area contributed by atoms with E-state index in [1.807, 2.05) is 48.5 Å². The maximum Gasteiger partial charge on any atom is 0.170 e. The van der Waals surface area contributed by atoms with Crippen molar-refractivity contribution in [3.8, 4) is 0 Å². The van der Waals surface area contributed by atoms with E-state index in [9.17, 15) is 14.7 Å². The third-order valence-corrected chi connectivity index (χ3v) is 7.65. The molecule has 2 aliphatic carbocycles. The normalized spacial score (nSPS) is 31.3. The van der Waals surface area contributed by atoms with Gasteiger partial charge in [0.2, 0.25) is 0 Å². The molecule has 3 aliphatic rings. The predicted molar refractivity (Wildman–Crippen MR) is 119 cm³/mol. The topological polar surface area (TPSA) is 70.5 Å². The number of fused-ring (bicyclic) bond motifs is 6. The monoisotopic (exact) mass is 424 g/mol. The van der Waals surface area contributed by atoms with Crippen LogP contribution in [0.4, 0.5) is 0 Å². The van der Waals surface area contributed by atoms with Crippen molar-refractivity contribution in [3.05, 3.63) is 101 Å². The third kappa shape index (κ3) is 2.68. The summed E-state index contributed by atoms with van der Waals surface area (Å²) in [5.41, 5.74) is 1.72. The number of benzene rings is 2. The molecule has 5 atom stereocenters. The summed E-state index contributed by atoms with van der Waals surface area (Å²) in [6.45, 7) is 1.73. The Hall–Kier alpha value is -3.15. The van der Waals surface area contributed by atoms with Crippen LogP contribution < -0.4 is 0 Å². The molecule has 2 heterocycles. The van der Waals surface area contributed by atoms with Gasteiger partial charge in [0.15, 0.2) is 5.78 Å². The summed E-state index contributed by atoms with van der Waals surface area (Å²) in [5, 5.41) is 12.2. The lowest BCUT2D eigenvalue weighted by molar-refractivity contribution is -0.166. The summed E-state index contributed by atoms with van der Waals surface area (Å²) in [6.07, 6.45) is 3.39. The summed E-state index contributed by atoms with van der Waals surface area (Å²) < 4.78 is 0. The number of aromatic nitrogens is 1. The van der Waals surface area contributed by atoms with Gasteiger partial charge in [-0.3, -0.25) is 19.5 Å². The van der Waals surface area contributed by atoms with Crippen LogP contribution in [0.2, 0.25) is 0 Å². The highest BCUT2D eigenvalue weighted by molar-refractivity contribution is 6.07. The zero-order chi connectivity index (χ0) is 21.9. The molecule has 1 aliphatic heterocycles. The van der Waals surface area contributed by atoms with Crippen molar-refractivity contribution in [1.82, 2.24) is 9.88 Å². The molecule has 2 aromatic carbocycles. The van der Waals surface area contributed by atoms with E-state index < -0.39 is 17.4 Å². The highest BCUT2D eigenvalue weighted by Gasteiger charge is 2.67. The molecule has 160 valence electrons. The van der Waals surface area contributed by atoms with Gasteiger partial charge in [-0.05, 0) is 28.8 Å². The van der Waals surface area contributed by atoms with Crippen LogP contribution in [0, 0.1) is 17.8 Å². The summed E-state index contributed by atoms with van der Waals surface area (Å²) in [4.78, 5) is 33.8. The fourth-order valence-corrected chi connectivity index (χ4v) is 6.33. The van der Waals surface area contributed by atoms with Crippen molar-refractivity contribution in [2.45, 2.75) is 18.1 Å². The number of piperidine rings is 1. The van der Waals surface area contributed by atoms with Crippen LogP contribution in [0.5, 0.6) is 0 Å². The van der Waals surface area contributed by atoms with Crippen molar-refractivity contribution < 1.29 is 14.7 Å². The number of Topliss-reactive ketones (excluding diaryl/α,β-unsaturated/α-hetero) is 2. The van der Waals surface area contributed by atoms with Gasteiger partial charge >= 0.3 is 0 Å². The van der Waals surface area contributed by atoms with Crippen LogP contribution in [0.1, 0.15) is 33.0 Å². The lowest BCUT2D eigenvalue weighted by Gasteiger charge is -2.53. The predicted octanol–water partition coefficient (Wildman–Crippen LogP) is 3.20. The number of carbonyl (C=O) groups excluding carboxylic acids is 2. The van der Waals surface area contributed by atoms with Gasteiger partial charge in [-0.2, -0.15) is 0 Å². The number of carbonyl (C=O) groups is 2. The number of hydrogen-bond donors (Lipinski definition) is 1. The second-order valence-electron chi connectivity index (χ2n) is 9.26. The third-order valence-electron chi connectivity index (χ3n) is 7.65. The van der Waals surface area contributed by atoms with Crippen LogP contribution in [0.3, 0.4) is 0 Å².